The molecule has 0 saturated heterocycles. The molecule has 4 rings (SSSR count). The van der Waals surface area contributed by atoms with Crippen LogP contribution in [0.25, 0.3) is 10.9 Å². The van der Waals surface area contributed by atoms with E-state index in [0.29, 0.717) is 24.7 Å². The van der Waals surface area contributed by atoms with Gasteiger partial charge in [-0.3, -0.25) is 9.59 Å². The lowest BCUT2D eigenvalue weighted by molar-refractivity contribution is -0.133. The van der Waals surface area contributed by atoms with E-state index >= 15 is 0 Å². The molecule has 2 aliphatic rings. The first kappa shape index (κ1) is 20.8. The van der Waals surface area contributed by atoms with E-state index in [2.05, 4.69) is 19.2 Å². The minimum absolute atomic E-state index is 0.0399. The number of aromatic nitrogens is 1. The predicted molar refractivity (Wildman–Crippen MR) is 118 cm³/mol. The molecule has 2 aromatic rings. The number of ether oxygens (including phenoxy) is 1. The fourth-order valence-electron chi connectivity index (χ4n) is 4.81. The first-order valence-corrected chi connectivity index (χ1v) is 11.1. The maximum absolute atomic E-state index is 13.6. The number of hydrogen-bond acceptors (Lipinski definition) is 3. The maximum atomic E-state index is 13.6. The first-order chi connectivity index (χ1) is 14.3. The largest absolute Gasteiger partial charge is 0.497 e. The maximum Gasteiger partial charge on any atom is 0.271 e. The molecule has 0 bridgehead atoms. The van der Waals surface area contributed by atoms with Crippen molar-refractivity contribution >= 4 is 22.7 Å². The van der Waals surface area contributed by atoms with Crippen LogP contribution in [0.2, 0.25) is 0 Å². The molecule has 2 heterocycles. The summed E-state index contributed by atoms with van der Waals surface area (Å²) in [5.74, 6) is 1.09. The van der Waals surface area contributed by atoms with Gasteiger partial charge in [-0.25, -0.2) is 0 Å². The number of fused-ring (bicyclic) bond motifs is 3. The molecule has 30 heavy (non-hydrogen) atoms. The second-order valence-electron chi connectivity index (χ2n) is 9.41. The van der Waals surface area contributed by atoms with Crippen molar-refractivity contribution in [2.75, 3.05) is 13.7 Å². The number of amides is 2. The average molecular weight is 412 g/mol. The van der Waals surface area contributed by atoms with Gasteiger partial charge in [-0.05, 0) is 50.3 Å². The van der Waals surface area contributed by atoms with Crippen LogP contribution in [0.4, 0.5) is 0 Å². The molecule has 1 N–H and O–H groups in total. The third-order valence-corrected chi connectivity index (χ3v) is 6.75. The van der Waals surface area contributed by atoms with Gasteiger partial charge >= 0.3 is 0 Å². The van der Waals surface area contributed by atoms with E-state index in [-0.39, 0.29) is 17.9 Å². The van der Waals surface area contributed by atoms with Gasteiger partial charge in [0.25, 0.3) is 5.91 Å². The summed E-state index contributed by atoms with van der Waals surface area (Å²) >= 11 is 0. The third-order valence-electron chi connectivity index (χ3n) is 6.75. The fraction of sp³-hybridized carbons (Fsp3) is 0.583. The smallest absolute Gasteiger partial charge is 0.271 e. The van der Waals surface area contributed by atoms with Crippen molar-refractivity contribution in [3.63, 3.8) is 0 Å². The van der Waals surface area contributed by atoms with Crippen molar-refractivity contribution in [1.82, 2.24) is 14.8 Å². The summed E-state index contributed by atoms with van der Waals surface area (Å²) in [6, 6.07) is 7.99. The van der Waals surface area contributed by atoms with Crippen LogP contribution in [0.3, 0.4) is 0 Å². The topological polar surface area (TPSA) is 63.6 Å². The van der Waals surface area contributed by atoms with Crippen LogP contribution in [0.5, 0.6) is 5.75 Å². The summed E-state index contributed by atoms with van der Waals surface area (Å²) in [4.78, 5) is 28.9. The van der Waals surface area contributed by atoms with E-state index in [0.717, 1.165) is 48.8 Å². The van der Waals surface area contributed by atoms with Gasteiger partial charge in [0, 0.05) is 24.0 Å². The highest BCUT2D eigenvalue weighted by atomic mass is 16.5. The monoisotopic (exact) mass is 411 g/mol. The Bertz CT molecular complexity index is 958. The Kier molecular flexibility index (Phi) is 5.51. The van der Waals surface area contributed by atoms with E-state index < -0.39 is 5.54 Å². The zero-order chi connectivity index (χ0) is 21.5. The highest BCUT2D eigenvalue weighted by Gasteiger charge is 2.48. The van der Waals surface area contributed by atoms with E-state index in [1.807, 2.05) is 40.7 Å². The Morgan fingerprint density at radius 3 is 2.67 bits per heavy atom. The van der Waals surface area contributed by atoms with E-state index in [1.165, 1.54) is 0 Å². The van der Waals surface area contributed by atoms with Gasteiger partial charge in [0.15, 0.2) is 0 Å². The summed E-state index contributed by atoms with van der Waals surface area (Å²) in [5.41, 5.74) is 0.658. The lowest BCUT2D eigenvalue weighted by Crippen LogP contribution is -2.65. The van der Waals surface area contributed by atoms with Crippen LogP contribution in [-0.4, -0.2) is 46.5 Å². The van der Waals surface area contributed by atoms with Gasteiger partial charge in [-0.15, -0.1) is 0 Å². The van der Waals surface area contributed by atoms with Crippen molar-refractivity contribution in [2.24, 2.45) is 5.92 Å². The molecule has 1 aliphatic carbocycles. The Morgan fingerprint density at radius 2 is 2.00 bits per heavy atom. The Labute approximate surface area is 178 Å². The van der Waals surface area contributed by atoms with Gasteiger partial charge in [-0.1, -0.05) is 26.7 Å². The highest BCUT2D eigenvalue weighted by molar-refractivity contribution is 6.03. The van der Waals surface area contributed by atoms with Gasteiger partial charge < -0.3 is 19.5 Å². The SMILES string of the molecule is COc1ccc2cc3n(c2c1)CC(C)(C(=O)NC1CCCC1)N(CCC(C)C)C3=O. The Balaban J connectivity index is 1.75. The molecular weight excluding hydrogens is 378 g/mol. The van der Waals surface area contributed by atoms with Crippen molar-refractivity contribution in [3.05, 3.63) is 30.0 Å². The number of carbonyl (C=O) groups is 2. The van der Waals surface area contributed by atoms with Gasteiger partial charge in [0.1, 0.15) is 17.0 Å². The van der Waals surface area contributed by atoms with Gasteiger partial charge in [0.2, 0.25) is 5.91 Å². The molecule has 0 spiro atoms. The summed E-state index contributed by atoms with van der Waals surface area (Å²) < 4.78 is 7.40. The number of carbonyl (C=O) groups excluding carboxylic acids is 2. The molecule has 1 aromatic carbocycles. The van der Waals surface area contributed by atoms with Crippen LogP contribution in [0, 0.1) is 5.92 Å². The molecule has 6 heteroatoms. The minimum atomic E-state index is -0.920. The summed E-state index contributed by atoms with van der Waals surface area (Å²) in [6.07, 6.45) is 5.23. The second-order valence-corrected chi connectivity index (χ2v) is 9.41. The molecule has 1 aromatic heterocycles. The molecule has 6 nitrogen and oxygen atoms in total. The van der Waals surface area contributed by atoms with E-state index in [9.17, 15) is 9.59 Å². The Hall–Kier alpha value is -2.50. The predicted octanol–water partition coefficient (Wildman–Crippen LogP) is 3.97. The van der Waals surface area contributed by atoms with E-state index in [4.69, 9.17) is 4.74 Å². The third kappa shape index (κ3) is 3.57. The van der Waals surface area contributed by atoms with Crippen LogP contribution in [0.1, 0.15) is 63.4 Å². The molecule has 1 saturated carbocycles. The molecule has 1 unspecified atom stereocenters. The summed E-state index contributed by atoms with van der Waals surface area (Å²) in [6.45, 7) is 7.24. The number of nitrogens with one attached hydrogen (secondary N) is 1. The lowest BCUT2D eigenvalue weighted by Gasteiger charge is -2.44. The van der Waals surface area contributed by atoms with Crippen molar-refractivity contribution in [1.29, 1.82) is 0 Å². The number of nitrogens with zero attached hydrogens (tertiary/aromatic N) is 2. The van der Waals surface area contributed by atoms with Gasteiger partial charge in [-0.2, -0.15) is 0 Å². The molecule has 0 radical (unpaired) electrons. The number of methoxy groups -OCH3 is 1. The van der Waals surface area contributed by atoms with Crippen LogP contribution in [-0.2, 0) is 11.3 Å². The standard InChI is InChI=1S/C24H33N3O3/c1-16(2)11-12-27-22(28)21-13-17-9-10-19(30-4)14-20(17)26(21)15-24(27,3)23(29)25-18-7-5-6-8-18/h9-10,13-14,16,18H,5-8,11-12,15H2,1-4H3,(H,25,29). The summed E-state index contributed by atoms with van der Waals surface area (Å²) in [5, 5.41) is 4.24. The van der Waals surface area contributed by atoms with Crippen LogP contribution < -0.4 is 10.1 Å². The van der Waals surface area contributed by atoms with Crippen molar-refractivity contribution < 1.29 is 14.3 Å². The first-order valence-electron chi connectivity index (χ1n) is 11.1. The highest BCUT2D eigenvalue weighted by Crippen LogP contribution is 2.34. The van der Waals surface area contributed by atoms with Crippen molar-refractivity contribution in [2.45, 2.75) is 71.0 Å². The average Bonchev–Trinajstić information content (AvgIpc) is 3.35. The second kappa shape index (κ2) is 7.97. The summed E-state index contributed by atoms with van der Waals surface area (Å²) in [7, 11) is 1.64. The molecule has 1 fully saturated rings. The lowest BCUT2D eigenvalue weighted by atomic mass is 9.93. The number of rotatable bonds is 6. The Morgan fingerprint density at radius 1 is 1.27 bits per heavy atom. The molecule has 2 amide bonds. The minimum Gasteiger partial charge on any atom is -0.497 e. The quantitative estimate of drug-likeness (QED) is 0.782. The van der Waals surface area contributed by atoms with Gasteiger partial charge in [0.05, 0.1) is 19.2 Å². The number of benzene rings is 1. The number of hydrogen-bond donors (Lipinski definition) is 1. The van der Waals surface area contributed by atoms with E-state index in [1.54, 1.807) is 7.11 Å². The van der Waals surface area contributed by atoms with Crippen LogP contribution in [0.15, 0.2) is 24.3 Å². The fourth-order valence-corrected chi connectivity index (χ4v) is 4.81. The van der Waals surface area contributed by atoms with Crippen LogP contribution >= 0.6 is 0 Å². The molecular formula is C24H33N3O3. The normalized spacial score (nSPS) is 22.0. The zero-order valence-corrected chi connectivity index (χ0v) is 18.5. The molecule has 1 aliphatic heterocycles. The molecule has 1 atom stereocenters. The van der Waals surface area contributed by atoms with Crippen molar-refractivity contribution in [3.8, 4) is 5.75 Å². The molecule has 162 valence electrons. The zero-order valence-electron chi connectivity index (χ0n) is 18.5.